The summed E-state index contributed by atoms with van der Waals surface area (Å²) in [4.78, 5) is 8.64. The van der Waals surface area contributed by atoms with Crippen molar-refractivity contribution < 1.29 is 30.7 Å². The molecule has 0 saturated heterocycles. The predicted molar refractivity (Wildman–Crippen MR) is 130 cm³/mol. The molecule has 4 rings (SSSR count). The highest BCUT2D eigenvalue weighted by Gasteiger charge is 2.31. The third-order valence-electron chi connectivity index (χ3n) is 5.59. The fraction of sp³-hybridized carbons (Fsp3) is 0.261. The average Bonchev–Trinajstić information content (AvgIpc) is 3.30. The molecule has 0 aliphatic heterocycles. The number of benzene rings is 2. The fourth-order valence-electron chi connectivity index (χ4n) is 3.74. The molecule has 2 heterocycles. The summed E-state index contributed by atoms with van der Waals surface area (Å²) in [6, 6.07) is 8.66. The van der Waals surface area contributed by atoms with Gasteiger partial charge in [0, 0.05) is 19.2 Å². The molecule has 4 aromatic rings. The largest absolute Gasteiger partial charge is 0.494 e. The number of anilines is 2. The number of nitrogens with one attached hydrogen (secondary N) is 2. The normalized spacial score (nSPS) is 12.1. The van der Waals surface area contributed by atoms with Gasteiger partial charge in [-0.3, -0.25) is 9.40 Å². The van der Waals surface area contributed by atoms with Crippen molar-refractivity contribution in [3.63, 3.8) is 0 Å². The number of aromatic nitrogens is 4. The highest BCUT2D eigenvalue weighted by atomic mass is 32.2. The standard InChI is InChI=1S/C23H22F4N6O3S/c1-33(37(3,34)35)18-7-5-4-6-13(18)11-28-20-16-12-29-32-22(16)31-21(30-20)15-9-17(24)19(36-2)8-14(15)10-23(25,26)27/h4-9,12H,10-11H2,1-3H3,(H2,28,29,30,31,32). The Hall–Kier alpha value is -3.94. The number of hydrogen-bond donors (Lipinski definition) is 2. The van der Waals surface area contributed by atoms with Crippen LogP contribution >= 0.6 is 0 Å². The van der Waals surface area contributed by atoms with E-state index in [4.69, 9.17) is 4.74 Å². The summed E-state index contributed by atoms with van der Waals surface area (Å²) >= 11 is 0. The Kier molecular flexibility index (Phi) is 6.95. The number of hydrogen-bond acceptors (Lipinski definition) is 7. The third-order valence-corrected chi connectivity index (χ3v) is 6.79. The number of fused-ring (bicyclic) bond motifs is 1. The van der Waals surface area contributed by atoms with E-state index in [1.54, 1.807) is 24.3 Å². The first kappa shape index (κ1) is 26.1. The van der Waals surface area contributed by atoms with Crippen molar-refractivity contribution in [2.24, 2.45) is 0 Å². The van der Waals surface area contributed by atoms with Gasteiger partial charge in [-0.25, -0.2) is 22.8 Å². The number of sulfonamides is 1. The minimum atomic E-state index is -4.58. The molecule has 0 amide bonds. The second-order valence-electron chi connectivity index (χ2n) is 8.18. The number of aromatic amines is 1. The summed E-state index contributed by atoms with van der Waals surface area (Å²) in [5.41, 5.74) is 0.826. The summed E-state index contributed by atoms with van der Waals surface area (Å²) < 4.78 is 84.5. The molecular formula is C23H22F4N6O3S. The maximum absolute atomic E-state index is 14.5. The average molecular weight is 539 g/mol. The van der Waals surface area contributed by atoms with Crippen LogP contribution in [0, 0.1) is 5.82 Å². The van der Waals surface area contributed by atoms with Crippen molar-refractivity contribution in [3.05, 3.63) is 59.5 Å². The van der Waals surface area contributed by atoms with Crippen LogP contribution in [0.3, 0.4) is 0 Å². The van der Waals surface area contributed by atoms with Crippen LogP contribution in [0.1, 0.15) is 11.1 Å². The Bertz CT molecular complexity index is 1560. The minimum absolute atomic E-state index is 0.110. The highest BCUT2D eigenvalue weighted by molar-refractivity contribution is 7.92. The van der Waals surface area contributed by atoms with E-state index >= 15 is 0 Å². The molecule has 0 aliphatic carbocycles. The number of ether oxygens (including phenoxy) is 1. The van der Waals surface area contributed by atoms with Crippen molar-refractivity contribution in [1.29, 1.82) is 0 Å². The predicted octanol–water partition coefficient (Wildman–Crippen LogP) is 4.28. The Balaban J connectivity index is 1.77. The molecule has 2 aromatic heterocycles. The summed E-state index contributed by atoms with van der Waals surface area (Å²) in [6.45, 7) is 0.110. The molecule has 9 nitrogen and oxygen atoms in total. The van der Waals surface area contributed by atoms with Crippen molar-refractivity contribution in [1.82, 2.24) is 20.2 Å². The van der Waals surface area contributed by atoms with E-state index in [1.165, 1.54) is 13.2 Å². The van der Waals surface area contributed by atoms with E-state index in [9.17, 15) is 26.0 Å². The van der Waals surface area contributed by atoms with Gasteiger partial charge in [0.1, 0.15) is 5.82 Å². The maximum atomic E-state index is 14.5. The van der Waals surface area contributed by atoms with Gasteiger partial charge in [-0.05, 0) is 29.3 Å². The molecule has 0 aliphatic rings. The van der Waals surface area contributed by atoms with Crippen LogP contribution in [0.2, 0.25) is 0 Å². The summed E-state index contributed by atoms with van der Waals surface area (Å²) in [5.74, 6) is -1.17. The monoisotopic (exact) mass is 538 g/mol. The van der Waals surface area contributed by atoms with Crippen LogP contribution in [0.5, 0.6) is 5.75 Å². The lowest BCUT2D eigenvalue weighted by molar-refractivity contribution is -0.127. The summed E-state index contributed by atoms with van der Waals surface area (Å²) in [6.07, 6.45) is -3.42. The first-order valence-corrected chi connectivity index (χ1v) is 12.6. The molecule has 0 fully saturated rings. The number of H-pyrrole nitrogens is 1. The molecule has 0 spiro atoms. The lowest BCUT2D eigenvalue weighted by atomic mass is 10.0. The highest BCUT2D eigenvalue weighted by Crippen LogP contribution is 2.34. The Labute approximate surface area is 209 Å². The van der Waals surface area contributed by atoms with E-state index in [1.807, 2.05) is 0 Å². The number of para-hydroxylation sites is 1. The van der Waals surface area contributed by atoms with Gasteiger partial charge in [-0.15, -0.1) is 0 Å². The quantitative estimate of drug-likeness (QED) is 0.322. The summed E-state index contributed by atoms with van der Waals surface area (Å²) in [5, 5.41) is 10.1. The van der Waals surface area contributed by atoms with Gasteiger partial charge in [0.05, 0.1) is 37.1 Å². The SMILES string of the molecule is COc1cc(CC(F)(F)F)c(-c2nc(NCc3ccccc3N(C)S(C)(=O)=O)c3cn[nH]c3n2)cc1F. The topological polar surface area (TPSA) is 113 Å². The van der Waals surface area contributed by atoms with Crippen LogP contribution in [0.4, 0.5) is 29.1 Å². The van der Waals surface area contributed by atoms with Crippen LogP contribution < -0.4 is 14.4 Å². The lowest BCUT2D eigenvalue weighted by Gasteiger charge is -2.20. The van der Waals surface area contributed by atoms with Gasteiger partial charge in [0.25, 0.3) is 0 Å². The van der Waals surface area contributed by atoms with E-state index in [2.05, 4.69) is 25.5 Å². The zero-order chi connectivity index (χ0) is 27.0. The van der Waals surface area contributed by atoms with Gasteiger partial charge in [0.15, 0.2) is 23.0 Å². The molecule has 0 atom stereocenters. The Morgan fingerprint density at radius 3 is 2.54 bits per heavy atom. The zero-order valence-corrected chi connectivity index (χ0v) is 20.7. The fourth-order valence-corrected chi connectivity index (χ4v) is 4.27. The Morgan fingerprint density at radius 2 is 1.86 bits per heavy atom. The van der Waals surface area contributed by atoms with Crippen LogP contribution in [-0.2, 0) is 23.0 Å². The minimum Gasteiger partial charge on any atom is -0.494 e. The van der Waals surface area contributed by atoms with Gasteiger partial charge >= 0.3 is 6.18 Å². The summed E-state index contributed by atoms with van der Waals surface area (Å²) in [7, 11) is -0.953. The molecule has 0 bridgehead atoms. The van der Waals surface area contributed by atoms with E-state index in [0.717, 1.165) is 29.8 Å². The van der Waals surface area contributed by atoms with Crippen LogP contribution in [0.15, 0.2) is 42.6 Å². The lowest BCUT2D eigenvalue weighted by Crippen LogP contribution is -2.26. The van der Waals surface area contributed by atoms with Crippen molar-refractivity contribution >= 4 is 32.6 Å². The number of rotatable bonds is 8. The van der Waals surface area contributed by atoms with Gasteiger partial charge in [-0.2, -0.15) is 18.3 Å². The first-order valence-electron chi connectivity index (χ1n) is 10.8. The van der Waals surface area contributed by atoms with Crippen LogP contribution in [-0.4, -0.2) is 55.2 Å². The number of nitrogens with zero attached hydrogens (tertiary/aromatic N) is 4. The first-order chi connectivity index (χ1) is 17.4. The Morgan fingerprint density at radius 1 is 1.14 bits per heavy atom. The van der Waals surface area contributed by atoms with Crippen molar-refractivity contribution in [2.75, 3.05) is 30.0 Å². The third kappa shape index (κ3) is 5.74. The van der Waals surface area contributed by atoms with Crippen LogP contribution in [0.25, 0.3) is 22.4 Å². The van der Waals surface area contributed by atoms with Crippen molar-refractivity contribution in [3.8, 4) is 17.1 Å². The molecule has 0 radical (unpaired) electrons. The molecule has 14 heteroatoms. The molecule has 0 saturated carbocycles. The zero-order valence-electron chi connectivity index (χ0n) is 19.9. The maximum Gasteiger partial charge on any atom is 0.393 e. The molecule has 0 unspecified atom stereocenters. The molecule has 2 N–H and O–H groups in total. The number of halogens is 4. The van der Waals surface area contributed by atoms with E-state index < -0.39 is 28.4 Å². The van der Waals surface area contributed by atoms with Gasteiger partial charge < -0.3 is 10.1 Å². The van der Waals surface area contributed by atoms with E-state index in [0.29, 0.717) is 16.6 Å². The number of methoxy groups -OCH3 is 1. The van der Waals surface area contributed by atoms with Crippen molar-refractivity contribution in [2.45, 2.75) is 19.1 Å². The van der Waals surface area contributed by atoms with E-state index in [-0.39, 0.29) is 40.7 Å². The smallest absolute Gasteiger partial charge is 0.393 e. The second kappa shape index (κ2) is 9.84. The molecule has 196 valence electrons. The second-order valence-corrected chi connectivity index (χ2v) is 10.2. The number of alkyl halides is 3. The van der Waals surface area contributed by atoms with Gasteiger partial charge in [-0.1, -0.05) is 18.2 Å². The van der Waals surface area contributed by atoms with Gasteiger partial charge in [0.2, 0.25) is 10.0 Å². The molecule has 37 heavy (non-hydrogen) atoms. The molecule has 2 aromatic carbocycles. The molecular weight excluding hydrogens is 516 g/mol.